The Kier molecular flexibility index (Phi) is 6.10. The Balaban J connectivity index is 0.000000170. The summed E-state index contributed by atoms with van der Waals surface area (Å²) in [6, 6.07) is 7.67. The summed E-state index contributed by atoms with van der Waals surface area (Å²) in [5, 5.41) is 11.4. The van der Waals surface area contributed by atoms with Crippen LogP contribution in [0, 0.1) is 18.8 Å². The predicted octanol–water partition coefficient (Wildman–Crippen LogP) is 3.11. The van der Waals surface area contributed by atoms with E-state index in [9.17, 15) is 5.11 Å². The first-order chi connectivity index (χ1) is 11.9. The van der Waals surface area contributed by atoms with Crippen LogP contribution in [0.4, 0.5) is 0 Å². The molecule has 0 spiro atoms. The predicted molar refractivity (Wildman–Crippen MR) is 113 cm³/mol. The lowest BCUT2D eigenvalue weighted by atomic mass is 9.80. The average molecular weight is 374 g/mol. The van der Waals surface area contributed by atoms with Gasteiger partial charge < -0.3 is 10.0 Å². The maximum atomic E-state index is 9.21. The van der Waals surface area contributed by atoms with Crippen LogP contribution in [0.15, 0.2) is 30.5 Å². The second kappa shape index (κ2) is 8.12. The smallest absolute Gasteiger partial charge is 0.133 e. The molecule has 5 rings (SSSR count). The maximum Gasteiger partial charge on any atom is 0.133 e. The van der Waals surface area contributed by atoms with Crippen LogP contribution in [0.25, 0.3) is 11.3 Å². The summed E-state index contributed by atoms with van der Waals surface area (Å²) in [5.41, 5.74) is 3.17. The minimum atomic E-state index is 0.187. The molecule has 3 fully saturated rings. The molecule has 1 aromatic carbocycles. The van der Waals surface area contributed by atoms with E-state index in [-0.39, 0.29) is 5.75 Å². The van der Waals surface area contributed by atoms with Crippen molar-refractivity contribution in [1.29, 1.82) is 0 Å². The van der Waals surface area contributed by atoms with Gasteiger partial charge >= 0.3 is 0 Å². The molecule has 3 atom stereocenters. The van der Waals surface area contributed by atoms with Crippen LogP contribution in [0.1, 0.15) is 25.3 Å². The molecule has 2 bridgehead atoms. The van der Waals surface area contributed by atoms with Gasteiger partial charge in [-0.15, -0.1) is 18.5 Å². The molecule has 0 amide bonds. The molecule has 1 aromatic heterocycles. The van der Waals surface area contributed by atoms with E-state index in [0.717, 1.165) is 33.7 Å². The number of pyridine rings is 1. The SMILES string of the molecule is C[C@H]1CN2CCC1CC2.Cc1cc(P)c(-c2ccc(O)cn2)c(P)c1. The highest BCUT2D eigenvalue weighted by molar-refractivity contribution is 7.30. The summed E-state index contributed by atoms with van der Waals surface area (Å²) < 4.78 is 0. The number of aryl methyl sites for hydroxylation is 1. The highest BCUT2D eigenvalue weighted by atomic mass is 31.0. The normalized spacial score (nSPS) is 24.6. The van der Waals surface area contributed by atoms with Crippen LogP contribution in [0.5, 0.6) is 5.75 Å². The Morgan fingerprint density at radius 3 is 2.16 bits per heavy atom. The first kappa shape index (κ1) is 18.8. The molecule has 0 radical (unpaired) electrons. The van der Waals surface area contributed by atoms with E-state index in [1.807, 2.05) is 6.07 Å². The number of fused-ring (bicyclic) bond motifs is 3. The Morgan fingerprint density at radius 2 is 1.76 bits per heavy atom. The Bertz CT molecular complexity index is 702. The van der Waals surface area contributed by atoms with Crippen LogP contribution in [-0.2, 0) is 0 Å². The average Bonchev–Trinajstić information content (AvgIpc) is 2.57. The molecular formula is C20H28N2OP2. The maximum absolute atomic E-state index is 9.21. The fourth-order valence-corrected chi connectivity index (χ4v) is 5.26. The Morgan fingerprint density at radius 1 is 1.12 bits per heavy atom. The molecule has 2 aromatic rings. The standard InChI is InChI=1S/C12H13NOP2.C8H15N/c1-7-4-10(15)12(11(16)5-7)9-3-2-8(14)6-13-9;1-7-6-9-4-2-8(7)3-5-9/h2-6,14H,15-16H2,1H3;7-8H,2-6H2,1H3/t;7-/m.0/s1. The Hall–Kier alpha value is -1.01. The third-order valence-electron chi connectivity index (χ3n) is 5.33. The highest BCUT2D eigenvalue weighted by Crippen LogP contribution is 2.31. The van der Waals surface area contributed by atoms with E-state index in [2.05, 4.69) is 54.3 Å². The number of aromatic hydroxyl groups is 1. The first-order valence-corrected chi connectivity index (χ1v) is 10.1. The number of benzene rings is 1. The van der Waals surface area contributed by atoms with Gasteiger partial charge in [0.25, 0.3) is 0 Å². The molecule has 0 saturated carbocycles. The van der Waals surface area contributed by atoms with Gasteiger partial charge in [0, 0.05) is 12.1 Å². The van der Waals surface area contributed by atoms with E-state index in [4.69, 9.17) is 0 Å². The summed E-state index contributed by atoms with van der Waals surface area (Å²) in [7, 11) is 5.45. The van der Waals surface area contributed by atoms with Crippen LogP contribution in [-0.4, -0.2) is 34.6 Å². The van der Waals surface area contributed by atoms with E-state index in [0.29, 0.717) is 0 Å². The number of rotatable bonds is 1. The van der Waals surface area contributed by atoms with Gasteiger partial charge in [-0.25, -0.2) is 0 Å². The number of aromatic nitrogens is 1. The fourth-order valence-electron chi connectivity index (χ4n) is 3.93. The van der Waals surface area contributed by atoms with Gasteiger partial charge in [0.2, 0.25) is 0 Å². The molecule has 3 saturated heterocycles. The van der Waals surface area contributed by atoms with Crippen molar-refractivity contribution in [2.24, 2.45) is 11.8 Å². The van der Waals surface area contributed by atoms with Gasteiger partial charge in [-0.1, -0.05) is 19.1 Å². The van der Waals surface area contributed by atoms with Crippen molar-refractivity contribution < 1.29 is 5.11 Å². The molecule has 4 heterocycles. The van der Waals surface area contributed by atoms with E-state index >= 15 is 0 Å². The highest BCUT2D eigenvalue weighted by Gasteiger charge is 2.30. The topological polar surface area (TPSA) is 36.4 Å². The third kappa shape index (κ3) is 4.59. The van der Waals surface area contributed by atoms with Crippen molar-refractivity contribution in [2.45, 2.75) is 26.7 Å². The fraction of sp³-hybridized carbons (Fsp3) is 0.450. The largest absolute Gasteiger partial charge is 0.506 e. The molecule has 2 unspecified atom stereocenters. The van der Waals surface area contributed by atoms with E-state index in [1.54, 1.807) is 6.07 Å². The molecule has 3 aliphatic rings. The van der Waals surface area contributed by atoms with E-state index < -0.39 is 0 Å². The molecule has 25 heavy (non-hydrogen) atoms. The number of hydrogen-bond donors (Lipinski definition) is 1. The molecular weight excluding hydrogens is 346 g/mol. The van der Waals surface area contributed by atoms with Gasteiger partial charge in [-0.05, 0) is 73.0 Å². The van der Waals surface area contributed by atoms with Crippen molar-refractivity contribution in [1.82, 2.24) is 9.88 Å². The number of nitrogens with zero attached hydrogens (tertiary/aromatic N) is 2. The zero-order chi connectivity index (χ0) is 18.0. The second-order valence-corrected chi connectivity index (χ2v) is 8.58. The molecule has 3 aliphatic heterocycles. The Labute approximate surface area is 155 Å². The zero-order valence-corrected chi connectivity index (χ0v) is 17.4. The lowest BCUT2D eigenvalue weighted by Crippen LogP contribution is -2.46. The zero-order valence-electron chi connectivity index (χ0n) is 15.1. The van der Waals surface area contributed by atoms with E-state index in [1.165, 1.54) is 44.2 Å². The second-order valence-electron chi connectivity index (χ2n) is 7.34. The van der Waals surface area contributed by atoms with Gasteiger partial charge in [0.1, 0.15) is 5.75 Å². The number of piperidine rings is 3. The first-order valence-electron chi connectivity index (χ1n) is 8.97. The van der Waals surface area contributed by atoms with Gasteiger partial charge in [0.05, 0.1) is 11.9 Å². The van der Waals surface area contributed by atoms with Crippen LogP contribution >= 0.6 is 18.5 Å². The summed E-state index contributed by atoms with van der Waals surface area (Å²) in [6.07, 6.45) is 4.41. The molecule has 0 aliphatic carbocycles. The summed E-state index contributed by atoms with van der Waals surface area (Å²) >= 11 is 0. The van der Waals surface area contributed by atoms with Crippen LogP contribution in [0.2, 0.25) is 0 Å². The summed E-state index contributed by atoms with van der Waals surface area (Å²) in [5.74, 6) is 2.26. The summed E-state index contributed by atoms with van der Waals surface area (Å²) in [4.78, 5) is 6.83. The third-order valence-corrected chi connectivity index (χ3v) is 6.24. The minimum Gasteiger partial charge on any atom is -0.506 e. The lowest BCUT2D eigenvalue weighted by Gasteiger charge is -2.43. The van der Waals surface area contributed by atoms with Crippen LogP contribution in [0.3, 0.4) is 0 Å². The van der Waals surface area contributed by atoms with Crippen molar-refractivity contribution in [2.75, 3.05) is 19.6 Å². The lowest BCUT2D eigenvalue weighted by molar-refractivity contribution is 0.0603. The molecule has 1 N–H and O–H groups in total. The van der Waals surface area contributed by atoms with Gasteiger partial charge in [-0.2, -0.15) is 0 Å². The quantitative estimate of drug-likeness (QED) is 0.780. The van der Waals surface area contributed by atoms with Gasteiger partial charge in [0.15, 0.2) is 0 Å². The molecule has 3 nitrogen and oxygen atoms in total. The van der Waals surface area contributed by atoms with Gasteiger partial charge in [-0.3, -0.25) is 4.98 Å². The van der Waals surface area contributed by atoms with Crippen molar-refractivity contribution in [3.63, 3.8) is 0 Å². The van der Waals surface area contributed by atoms with Crippen molar-refractivity contribution in [3.05, 3.63) is 36.0 Å². The van der Waals surface area contributed by atoms with Crippen LogP contribution < -0.4 is 10.6 Å². The van der Waals surface area contributed by atoms with Crippen molar-refractivity contribution in [3.8, 4) is 17.0 Å². The number of hydrogen-bond acceptors (Lipinski definition) is 3. The van der Waals surface area contributed by atoms with Crippen molar-refractivity contribution >= 4 is 29.1 Å². The molecule has 5 heteroatoms. The minimum absolute atomic E-state index is 0.187. The summed E-state index contributed by atoms with van der Waals surface area (Å²) in [6.45, 7) is 8.61. The monoisotopic (exact) mass is 374 g/mol. The molecule has 134 valence electrons.